The van der Waals surface area contributed by atoms with E-state index in [0.29, 0.717) is 17.4 Å². The SMILES string of the molecule is Cc1ncc(C(=O)Nc2nc3cccc(C)c3n2C2CCCCN(C(=O)C=CCN(C)C)C2)s1. The number of likely N-dealkylation sites (tertiary alicyclic amines) is 1. The van der Waals surface area contributed by atoms with E-state index in [1.165, 1.54) is 11.3 Å². The zero-order valence-corrected chi connectivity index (χ0v) is 21.1. The number of hydrogen-bond donors (Lipinski definition) is 1. The highest BCUT2D eigenvalue weighted by molar-refractivity contribution is 7.13. The molecule has 1 aliphatic rings. The maximum atomic E-state index is 13.0. The van der Waals surface area contributed by atoms with Gasteiger partial charge < -0.3 is 14.4 Å². The second-order valence-electron chi connectivity index (χ2n) is 9.04. The predicted octanol–water partition coefficient (Wildman–Crippen LogP) is 4.03. The number of carbonyl (C=O) groups excluding carboxylic acids is 2. The molecule has 0 saturated carbocycles. The van der Waals surface area contributed by atoms with E-state index in [1.807, 2.05) is 49.0 Å². The molecule has 0 spiro atoms. The van der Waals surface area contributed by atoms with E-state index in [4.69, 9.17) is 4.98 Å². The Morgan fingerprint density at radius 3 is 2.82 bits per heavy atom. The quantitative estimate of drug-likeness (QED) is 0.539. The molecule has 180 valence electrons. The molecule has 0 bridgehead atoms. The molecule has 3 aromatic rings. The van der Waals surface area contributed by atoms with Gasteiger partial charge in [0.05, 0.1) is 28.3 Å². The third kappa shape index (κ3) is 5.37. The van der Waals surface area contributed by atoms with Crippen molar-refractivity contribution in [2.75, 3.05) is 39.0 Å². The Morgan fingerprint density at radius 2 is 2.09 bits per heavy atom. The Kier molecular flexibility index (Phi) is 7.43. The minimum Gasteiger partial charge on any atom is -0.337 e. The molecule has 9 heteroatoms. The van der Waals surface area contributed by atoms with Crippen molar-refractivity contribution in [1.29, 1.82) is 0 Å². The zero-order valence-electron chi connectivity index (χ0n) is 20.2. The van der Waals surface area contributed by atoms with Crippen LogP contribution in [-0.2, 0) is 4.79 Å². The van der Waals surface area contributed by atoms with E-state index in [-0.39, 0.29) is 17.9 Å². The van der Waals surface area contributed by atoms with E-state index in [9.17, 15) is 9.59 Å². The Labute approximate surface area is 204 Å². The van der Waals surface area contributed by atoms with Gasteiger partial charge in [-0.3, -0.25) is 14.9 Å². The summed E-state index contributed by atoms with van der Waals surface area (Å²) in [7, 11) is 3.96. The number of amides is 2. The van der Waals surface area contributed by atoms with Crippen LogP contribution in [0.15, 0.2) is 36.5 Å². The van der Waals surface area contributed by atoms with Crippen molar-refractivity contribution in [1.82, 2.24) is 24.3 Å². The van der Waals surface area contributed by atoms with Gasteiger partial charge in [-0.25, -0.2) is 9.97 Å². The van der Waals surface area contributed by atoms with Crippen LogP contribution in [0.3, 0.4) is 0 Å². The van der Waals surface area contributed by atoms with Gasteiger partial charge in [0, 0.05) is 25.7 Å². The summed E-state index contributed by atoms with van der Waals surface area (Å²) in [5, 5.41) is 3.87. The number of likely N-dealkylation sites (N-methyl/N-ethyl adjacent to an activating group) is 1. The van der Waals surface area contributed by atoms with Gasteiger partial charge in [0.25, 0.3) is 5.91 Å². The largest absolute Gasteiger partial charge is 0.337 e. The first kappa shape index (κ1) is 24.1. The van der Waals surface area contributed by atoms with E-state index in [1.54, 1.807) is 12.3 Å². The third-order valence-electron chi connectivity index (χ3n) is 6.04. The number of hydrogen-bond acceptors (Lipinski definition) is 6. The molecule has 1 atom stereocenters. The highest BCUT2D eigenvalue weighted by Crippen LogP contribution is 2.32. The van der Waals surface area contributed by atoms with Crippen LogP contribution in [-0.4, -0.2) is 69.9 Å². The number of benzene rings is 1. The molecule has 2 aromatic heterocycles. The summed E-state index contributed by atoms with van der Waals surface area (Å²) >= 11 is 1.36. The number of para-hydroxylation sites is 1. The number of fused-ring (bicyclic) bond motifs is 1. The summed E-state index contributed by atoms with van der Waals surface area (Å²) in [6, 6.07) is 6.02. The summed E-state index contributed by atoms with van der Waals surface area (Å²) in [6.07, 6.45) is 8.05. The van der Waals surface area contributed by atoms with Crippen LogP contribution < -0.4 is 5.32 Å². The standard InChI is InChI=1S/C25H32N6O2S/c1-17-9-7-11-20-23(17)31(25(27-20)28-24(33)21-15-26-18(2)34-21)19-10-5-6-14-30(16-19)22(32)12-8-13-29(3)4/h7-9,11-12,15,19H,5-6,10,13-14,16H2,1-4H3,(H,27,28,33). The molecule has 1 aromatic carbocycles. The number of anilines is 1. The Hall–Kier alpha value is -3.04. The van der Waals surface area contributed by atoms with E-state index >= 15 is 0 Å². The van der Waals surface area contributed by atoms with Crippen molar-refractivity contribution < 1.29 is 9.59 Å². The summed E-state index contributed by atoms with van der Waals surface area (Å²) in [6.45, 7) is 5.97. The summed E-state index contributed by atoms with van der Waals surface area (Å²) < 4.78 is 2.13. The van der Waals surface area contributed by atoms with Crippen LogP contribution in [0.4, 0.5) is 5.95 Å². The molecular formula is C25H32N6O2S. The number of aryl methyl sites for hydroxylation is 2. The fourth-order valence-electron chi connectivity index (χ4n) is 4.39. The number of aromatic nitrogens is 3. The van der Waals surface area contributed by atoms with Gasteiger partial charge in [-0.1, -0.05) is 18.2 Å². The van der Waals surface area contributed by atoms with Crippen LogP contribution in [0.5, 0.6) is 0 Å². The van der Waals surface area contributed by atoms with Crippen LogP contribution in [0.1, 0.15) is 45.5 Å². The van der Waals surface area contributed by atoms with Crippen LogP contribution >= 0.6 is 11.3 Å². The van der Waals surface area contributed by atoms with Gasteiger partial charge in [0.2, 0.25) is 11.9 Å². The van der Waals surface area contributed by atoms with Crippen molar-refractivity contribution in [2.24, 2.45) is 0 Å². The number of rotatable bonds is 6. The smallest absolute Gasteiger partial charge is 0.269 e. The monoisotopic (exact) mass is 480 g/mol. The first-order chi connectivity index (χ1) is 16.3. The summed E-state index contributed by atoms with van der Waals surface area (Å²) in [5.74, 6) is 0.330. The molecule has 0 radical (unpaired) electrons. The van der Waals surface area contributed by atoms with Crippen LogP contribution in [0.2, 0.25) is 0 Å². The van der Waals surface area contributed by atoms with Crippen molar-refractivity contribution in [3.63, 3.8) is 0 Å². The highest BCUT2D eigenvalue weighted by Gasteiger charge is 2.27. The summed E-state index contributed by atoms with van der Waals surface area (Å²) in [5.41, 5.74) is 2.93. The van der Waals surface area contributed by atoms with Crippen molar-refractivity contribution in [3.05, 3.63) is 52.0 Å². The first-order valence-corrected chi connectivity index (χ1v) is 12.5. The third-order valence-corrected chi connectivity index (χ3v) is 6.95. The van der Waals surface area contributed by atoms with Gasteiger partial charge >= 0.3 is 0 Å². The lowest BCUT2D eigenvalue weighted by Crippen LogP contribution is -2.34. The number of nitrogens with zero attached hydrogens (tertiary/aromatic N) is 5. The van der Waals surface area contributed by atoms with Crippen molar-refractivity contribution in [3.8, 4) is 0 Å². The van der Waals surface area contributed by atoms with Gasteiger partial charge in [-0.2, -0.15) is 0 Å². The minimum atomic E-state index is -0.215. The second-order valence-corrected chi connectivity index (χ2v) is 10.3. The molecule has 1 saturated heterocycles. The van der Waals surface area contributed by atoms with Gasteiger partial charge in [0.15, 0.2) is 0 Å². The lowest BCUT2D eigenvalue weighted by molar-refractivity contribution is -0.126. The Balaban J connectivity index is 1.67. The molecule has 1 aliphatic heterocycles. The molecule has 1 unspecified atom stereocenters. The fraction of sp³-hybridized carbons (Fsp3) is 0.440. The average Bonchev–Trinajstić information content (AvgIpc) is 3.29. The lowest BCUT2D eigenvalue weighted by atomic mass is 10.1. The Morgan fingerprint density at radius 1 is 1.26 bits per heavy atom. The second kappa shape index (κ2) is 10.5. The van der Waals surface area contributed by atoms with Crippen LogP contribution in [0.25, 0.3) is 11.0 Å². The minimum absolute atomic E-state index is 0.0123. The number of carbonyl (C=O) groups is 2. The van der Waals surface area contributed by atoms with Gasteiger partial charge in [0.1, 0.15) is 4.88 Å². The molecule has 1 fully saturated rings. The predicted molar refractivity (Wildman–Crippen MR) is 136 cm³/mol. The molecule has 8 nitrogen and oxygen atoms in total. The fourth-order valence-corrected chi connectivity index (χ4v) is 5.07. The van der Waals surface area contributed by atoms with E-state index in [0.717, 1.165) is 54.0 Å². The average molecular weight is 481 g/mol. The zero-order chi connectivity index (χ0) is 24.2. The Bertz CT molecular complexity index is 1210. The summed E-state index contributed by atoms with van der Waals surface area (Å²) in [4.78, 5) is 39.4. The van der Waals surface area contributed by atoms with E-state index in [2.05, 4.69) is 27.9 Å². The highest BCUT2D eigenvalue weighted by atomic mass is 32.1. The maximum absolute atomic E-state index is 13.0. The van der Waals surface area contributed by atoms with Gasteiger partial charge in [-0.05, 0) is 58.8 Å². The molecule has 4 rings (SSSR count). The van der Waals surface area contributed by atoms with Crippen LogP contribution in [0, 0.1) is 13.8 Å². The molecular weight excluding hydrogens is 448 g/mol. The number of imidazole rings is 1. The maximum Gasteiger partial charge on any atom is 0.269 e. The molecule has 3 heterocycles. The lowest BCUT2D eigenvalue weighted by Gasteiger charge is -2.26. The van der Waals surface area contributed by atoms with E-state index < -0.39 is 0 Å². The molecule has 2 amide bonds. The molecule has 0 aliphatic carbocycles. The van der Waals surface area contributed by atoms with Crippen molar-refractivity contribution >= 4 is 40.1 Å². The topological polar surface area (TPSA) is 83.4 Å². The van der Waals surface area contributed by atoms with Gasteiger partial charge in [-0.15, -0.1) is 11.3 Å². The normalized spacial score (nSPS) is 17.0. The van der Waals surface area contributed by atoms with Crippen molar-refractivity contribution in [2.45, 2.75) is 39.2 Å². The molecule has 34 heavy (non-hydrogen) atoms. The number of nitrogens with one attached hydrogen (secondary N) is 1. The molecule has 1 N–H and O–H groups in total. The first-order valence-electron chi connectivity index (χ1n) is 11.6. The number of thiazole rings is 1.